The second kappa shape index (κ2) is 4.44. The van der Waals surface area contributed by atoms with Gasteiger partial charge < -0.3 is 10.0 Å². The summed E-state index contributed by atoms with van der Waals surface area (Å²) in [4.78, 5) is 23.9. The highest BCUT2D eigenvalue weighted by Crippen LogP contribution is 2.28. The largest absolute Gasteiger partial charge is 0.481 e. The number of carboxylic acid groups (broad SMARTS) is 1. The van der Waals surface area contributed by atoms with Gasteiger partial charge in [-0.05, 0) is 12.8 Å². The molecule has 1 aliphatic rings. The van der Waals surface area contributed by atoms with Gasteiger partial charge in [-0.1, -0.05) is 13.8 Å². The SMILES string of the molecule is CCC(=O)N(CC(C)C(=O)O)C1CC1. The third-order valence-electron chi connectivity index (χ3n) is 2.50. The number of nitrogens with zero attached hydrogens (tertiary/aromatic N) is 1. The number of carbonyl (C=O) groups excluding carboxylic acids is 1. The van der Waals surface area contributed by atoms with Crippen LogP contribution >= 0.6 is 0 Å². The van der Waals surface area contributed by atoms with Gasteiger partial charge in [0.15, 0.2) is 0 Å². The van der Waals surface area contributed by atoms with Crippen molar-refractivity contribution in [2.75, 3.05) is 6.54 Å². The van der Waals surface area contributed by atoms with Gasteiger partial charge in [0.1, 0.15) is 0 Å². The third-order valence-corrected chi connectivity index (χ3v) is 2.50. The summed E-state index contributed by atoms with van der Waals surface area (Å²) in [7, 11) is 0. The summed E-state index contributed by atoms with van der Waals surface area (Å²) >= 11 is 0. The first kappa shape index (κ1) is 11.0. The Kier molecular flexibility index (Phi) is 3.49. The Bertz CT molecular complexity index is 236. The summed E-state index contributed by atoms with van der Waals surface area (Å²) < 4.78 is 0. The molecule has 0 bridgehead atoms. The van der Waals surface area contributed by atoms with Gasteiger partial charge in [0.2, 0.25) is 5.91 Å². The first-order chi connectivity index (χ1) is 6.56. The van der Waals surface area contributed by atoms with E-state index in [0.29, 0.717) is 19.0 Å². The molecule has 1 rings (SSSR count). The Morgan fingerprint density at radius 3 is 2.43 bits per heavy atom. The van der Waals surface area contributed by atoms with Crippen molar-refractivity contribution in [3.63, 3.8) is 0 Å². The normalized spacial score (nSPS) is 17.6. The molecule has 1 saturated carbocycles. The zero-order chi connectivity index (χ0) is 10.7. The fraction of sp³-hybridized carbons (Fsp3) is 0.800. The van der Waals surface area contributed by atoms with Crippen molar-refractivity contribution in [2.24, 2.45) is 5.92 Å². The molecule has 80 valence electrons. The van der Waals surface area contributed by atoms with E-state index >= 15 is 0 Å². The summed E-state index contributed by atoms with van der Waals surface area (Å²) in [5, 5.41) is 8.75. The van der Waals surface area contributed by atoms with E-state index in [-0.39, 0.29) is 5.91 Å². The maximum atomic E-state index is 11.5. The highest BCUT2D eigenvalue weighted by atomic mass is 16.4. The van der Waals surface area contributed by atoms with E-state index in [4.69, 9.17) is 5.11 Å². The van der Waals surface area contributed by atoms with E-state index in [2.05, 4.69) is 0 Å². The van der Waals surface area contributed by atoms with Crippen molar-refractivity contribution < 1.29 is 14.7 Å². The smallest absolute Gasteiger partial charge is 0.308 e. The number of carboxylic acids is 1. The van der Waals surface area contributed by atoms with Crippen molar-refractivity contribution >= 4 is 11.9 Å². The van der Waals surface area contributed by atoms with Crippen LogP contribution in [0.15, 0.2) is 0 Å². The van der Waals surface area contributed by atoms with Gasteiger partial charge in [0.05, 0.1) is 5.92 Å². The fourth-order valence-electron chi connectivity index (χ4n) is 1.42. The van der Waals surface area contributed by atoms with E-state index < -0.39 is 11.9 Å². The third kappa shape index (κ3) is 2.72. The molecule has 4 heteroatoms. The van der Waals surface area contributed by atoms with Crippen molar-refractivity contribution in [3.8, 4) is 0 Å². The number of amides is 1. The Balaban J connectivity index is 2.51. The molecule has 0 aromatic rings. The van der Waals surface area contributed by atoms with Crippen LogP contribution in [0.3, 0.4) is 0 Å². The van der Waals surface area contributed by atoms with Crippen LogP contribution in [0.1, 0.15) is 33.1 Å². The van der Waals surface area contributed by atoms with Crippen LogP contribution in [0.2, 0.25) is 0 Å². The molecule has 0 radical (unpaired) electrons. The van der Waals surface area contributed by atoms with Crippen LogP contribution in [0.25, 0.3) is 0 Å². The molecule has 14 heavy (non-hydrogen) atoms. The molecule has 0 heterocycles. The summed E-state index contributed by atoms with van der Waals surface area (Å²) in [5.41, 5.74) is 0. The lowest BCUT2D eigenvalue weighted by Gasteiger charge is -2.23. The number of aliphatic carboxylic acids is 1. The van der Waals surface area contributed by atoms with E-state index in [1.807, 2.05) is 6.92 Å². The number of hydrogen-bond acceptors (Lipinski definition) is 2. The molecule has 0 aliphatic heterocycles. The first-order valence-electron chi connectivity index (χ1n) is 5.08. The summed E-state index contributed by atoms with van der Waals surface area (Å²) in [6.07, 6.45) is 2.51. The lowest BCUT2D eigenvalue weighted by Crippen LogP contribution is -2.38. The van der Waals surface area contributed by atoms with Crippen LogP contribution < -0.4 is 0 Å². The van der Waals surface area contributed by atoms with Gasteiger partial charge in [0, 0.05) is 19.0 Å². The minimum absolute atomic E-state index is 0.0700. The van der Waals surface area contributed by atoms with Crippen molar-refractivity contribution in [2.45, 2.75) is 39.2 Å². The number of rotatable bonds is 5. The van der Waals surface area contributed by atoms with Gasteiger partial charge in [-0.15, -0.1) is 0 Å². The molecule has 1 aliphatic carbocycles. The molecule has 1 amide bonds. The molecule has 0 aromatic heterocycles. The molecular weight excluding hydrogens is 182 g/mol. The zero-order valence-corrected chi connectivity index (χ0v) is 8.69. The Morgan fingerprint density at radius 2 is 2.07 bits per heavy atom. The average Bonchev–Trinajstić information content (AvgIpc) is 2.95. The predicted molar refractivity (Wildman–Crippen MR) is 51.8 cm³/mol. The lowest BCUT2D eigenvalue weighted by molar-refractivity contribution is -0.143. The Morgan fingerprint density at radius 1 is 1.50 bits per heavy atom. The van der Waals surface area contributed by atoms with Gasteiger partial charge in [-0.3, -0.25) is 9.59 Å². The minimum atomic E-state index is -0.834. The molecule has 1 atom stereocenters. The van der Waals surface area contributed by atoms with Gasteiger partial charge >= 0.3 is 5.97 Å². The molecule has 1 fully saturated rings. The predicted octanol–water partition coefficient (Wildman–Crippen LogP) is 1.11. The van der Waals surface area contributed by atoms with Crippen LogP contribution in [0, 0.1) is 5.92 Å². The van der Waals surface area contributed by atoms with Gasteiger partial charge in [-0.2, -0.15) is 0 Å². The van der Waals surface area contributed by atoms with Crippen molar-refractivity contribution in [3.05, 3.63) is 0 Å². The highest BCUT2D eigenvalue weighted by Gasteiger charge is 2.33. The molecular formula is C10H17NO3. The second-order valence-electron chi connectivity index (χ2n) is 3.87. The lowest BCUT2D eigenvalue weighted by atomic mass is 10.1. The standard InChI is InChI=1S/C10H17NO3/c1-3-9(12)11(8-4-5-8)6-7(2)10(13)14/h7-8H,3-6H2,1-2H3,(H,13,14). The van der Waals surface area contributed by atoms with Crippen molar-refractivity contribution in [1.82, 2.24) is 4.90 Å². The van der Waals surface area contributed by atoms with Crippen molar-refractivity contribution in [1.29, 1.82) is 0 Å². The molecule has 0 aromatic carbocycles. The topological polar surface area (TPSA) is 57.6 Å². The number of carbonyl (C=O) groups is 2. The minimum Gasteiger partial charge on any atom is -0.481 e. The highest BCUT2D eigenvalue weighted by molar-refractivity contribution is 5.77. The van der Waals surface area contributed by atoms with Gasteiger partial charge in [0.25, 0.3) is 0 Å². The van der Waals surface area contributed by atoms with E-state index in [1.165, 1.54) is 0 Å². The monoisotopic (exact) mass is 199 g/mol. The summed E-state index contributed by atoms with van der Waals surface area (Å²) in [6.45, 7) is 3.80. The van der Waals surface area contributed by atoms with Crippen LogP contribution in [0.5, 0.6) is 0 Å². The average molecular weight is 199 g/mol. The molecule has 1 N–H and O–H groups in total. The molecule has 0 saturated heterocycles. The van der Waals surface area contributed by atoms with Gasteiger partial charge in [-0.25, -0.2) is 0 Å². The van der Waals surface area contributed by atoms with E-state index in [9.17, 15) is 9.59 Å². The van der Waals surface area contributed by atoms with E-state index in [0.717, 1.165) is 12.8 Å². The second-order valence-corrected chi connectivity index (χ2v) is 3.87. The van der Waals surface area contributed by atoms with Crippen LogP contribution in [-0.2, 0) is 9.59 Å². The Hall–Kier alpha value is -1.06. The summed E-state index contributed by atoms with van der Waals surface area (Å²) in [6, 6.07) is 0.309. The molecule has 1 unspecified atom stereocenters. The fourth-order valence-corrected chi connectivity index (χ4v) is 1.42. The Labute approximate surface area is 83.9 Å². The van der Waals surface area contributed by atoms with E-state index in [1.54, 1.807) is 11.8 Å². The summed E-state index contributed by atoms with van der Waals surface area (Å²) in [5.74, 6) is -1.23. The maximum Gasteiger partial charge on any atom is 0.308 e. The maximum absolute atomic E-state index is 11.5. The van der Waals surface area contributed by atoms with Crippen LogP contribution in [-0.4, -0.2) is 34.5 Å². The number of hydrogen-bond donors (Lipinski definition) is 1. The first-order valence-corrected chi connectivity index (χ1v) is 5.08. The molecule has 4 nitrogen and oxygen atoms in total. The zero-order valence-electron chi connectivity index (χ0n) is 8.69. The quantitative estimate of drug-likeness (QED) is 0.721. The van der Waals surface area contributed by atoms with Crippen LogP contribution in [0.4, 0.5) is 0 Å². The molecule has 0 spiro atoms.